The van der Waals surface area contributed by atoms with E-state index in [0.29, 0.717) is 23.8 Å². The summed E-state index contributed by atoms with van der Waals surface area (Å²) in [5.74, 6) is -0.0122. The maximum atomic E-state index is 13.1. The number of benzene rings is 2. The summed E-state index contributed by atoms with van der Waals surface area (Å²) in [6, 6.07) is 11.6. The zero-order chi connectivity index (χ0) is 25.0. The van der Waals surface area contributed by atoms with Crippen molar-refractivity contribution in [3.05, 3.63) is 58.1 Å². The Morgan fingerprint density at radius 3 is 2.26 bits per heavy atom. The third-order valence-corrected chi connectivity index (χ3v) is 7.16. The molecule has 0 bridgehead atoms. The number of anilines is 2. The third-order valence-electron chi connectivity index (χ3n) is 6.58. The van der Waals surface area contributed by atoms with Crippen LogP contribution in [0.5, 0.6) is 0 Å². The van der Waals surface area contributed by atoms with E-state index in [1.165, 1.54) is 6.07 Å². The monoisotopic (exact) mass is 529 g/mol. The average molecular weight is 530 g/mol. The molecular weight excluding hydrogens is 502 g/mol. The van der Waals surface area contributed by atoms with Crippen molar-refractivity contribution in [1.29, 1.82) is 0 Å². The zero-order valence-electron chi connectivity index (χ0n) is 19.2. The van der Waals surface area contributed by atoms with E-state index in [0.717, 1.165) is 50.5 Å². The van der Waals surface area contributed by atoms with Gasteiger partial charge in [0.1, 0.15) is 6.61 Å². The first-order valence-corrected chi connectivity index (χ1v) is 12.5. The molecule has 0 spiro atoms. The molecule has 1 saturated heterocycles. The van der Waals surface area contributed by atoms with Crippen molar-refractivity contribution in [2.45, 2.75) is 44.0 Å². The summed E-state index contributed by atoms with van der Waals surface area (Å²) in [5, 5.41) is 3.57. The van der Waals surface area contributed by atoms with Crippen LogP contribution in [0.15, 0.2) is 42.5 Å². The SMILES string of the molecule is O=C(CO[C@H]1CC[C@@H](Nc2ccc(Cl)c(C(F)(F)F)c2)CC1)N1CCN(c2ccc(Cl)cc2)CC1. The highest BCUT2D eigenvalue weighted by Crippen LogP contribution is 2.36. The van der Waals surface area contributed by atoms with E-state index in [4.69, 9.17) is 27.9 Å². The van der Waals surface area contributed by atoms with Crippen molar-refractivity contribution in [3.63, 3.8) is 0 Å². The van der Waals surface area contributed by atoms with Gasteiger partial charge in [-0.2, -0.15) is 13.2 Å². The van der Waals surface area contributed by atoms with Gasteiger partial charge < -0.3 is 19.9 Å². The minimum Gasteiger partial charge on any atom is -0.382 e. The molecule has 10 heteroatoms. The van der Waals surface area contributed by atoms with Gasteiger partial charge in [0, 0.05) is 48.6 Å². The molecular formula is C25H28Cl2F3N3O2. The van der Waals surface area contributed by atoms with E-state index < -0.39 is 11.7 Å². The Morgan fingerprint density at radius 2 is 1.63 bits per heavy atom. The summed E-state index contributed by atoms with van der Waals surface area (Å²) in [6.45, 7) is 2.84. The summed E-state index contributed by atoms with van der Waals surface area (Å²) in [4.78, 5) is 16.7. The van der Waals surface area contributed by atoms with Crippen LogP contribution in [0.25, 0.3) is 0 Å². The molecule has 0 atom stereocenters. The number of nitrogens with one attached hydrogen (secondary N) is 1. The number of hydrogen-bond acceptors (Lipinski definition) is 4. The molecule has 0 radical (unpaired) electrons. The minimum absolute atomic E-state index is 0.0122. The molecule has 2 fully saturated rings. The van der Waals surface area contributed by atoms with E-state index in [2.05, 4.69) is 10.2 Å². The van der Waals surface area contributed by atoms with Gasteiger partial charge >= 0.3 is 6.18 Å². The number of halogens is 5. The fourth-order valence-electron chi connectivity index (χ4n) is 4.59. The number of piperazine rings is 1. The molecule has 1 amide bonds. The number of ether oxygens (including phenoxy) is 1. The van der Waals surface area contributed by atoms with Crippen LogP contribution in [0.1, 0.15) is 31.2 Å². The highest BCUT2D eigenvalue weighted by atomic mass is 35.5. The number of nitrogens with zero attached hydrogens (tertiary/aromatic N) is 2. The number of amides is 1. The smallest absolute Gasteiger partial charge is 0.382 e. The second kappa shape index (κ2) is 11.3. The lowest BCUT2D eigenvalue weighted by molar-refractivity contribution is -0.139. The van der Waals surface area contributed by atoms with E-state index in [-0.39, 0.29) is 29.7 Å². The molecule has 1 saturated carbocycles. The van der Waals surface area contributed by atoms with E-state index in [1.807, 2.05) is 29.2 Å². The average Bonchev–Trinajstić information content (AvgIpc) is 2.84. The van der Waals surface area contributed by atoms with E-state index in [9.17, 15) is 18.0 Å². The molecule has 1 aliphatic carbocycles. The third kappa shape index (κ3) is 6.96. The first-order chi connectivity index (χ1) is 16.7. The van der Waals surface area contributed by atoms with Gasteiger partial charge in [0.25, 0.3) is 0 Å². The van der Waals surface area contributed by atoms with Crippen LogP contribution in [0.4, 0.5) is 24.5 Å². The van der Waals surface area contributed by atoms with Crippen molar-refractivity contribution in [2.24, 2.45) is 0 Å². The summed E-state index contributed by atoms with van der Waals surface area (Å²) >= 11 is 11.7. The largest absolute Gasteiger partial charge is 0.417 e. The second-order valence-corrected chi connectivity index (χ2v) is 9.81. The molecule has 2 aliphatic rings. The molecule has 0 aromatic heterocycles. The van der Waals surface area contributed by atoms with Crippen LogP contribution in [-0.4, -0.2) is 55.7 Å². The van der Waals surface area contributed by atoms with Crippen molar-refractivity contribution in [3.8, 4) is 0 Å². The number of hydrogen-bond donors (Lipinski definition) is 1. The van der Waals surface area contributed by atoms with Crippen LogP contribution in [0, 0.1) is 0 Å². The topological polar surface area (TPSA) is 44.8 Å². The van der Waals surface area contributed by atoms with Crippen LogP contribution < -0.4 is 10.2 Å². The first kappa shape index (κ1) is 25.9. The number of alkyl halides is 3. The molecule has 2 aromatic rings. The normalized spacial score (nSPS) is 21.2. The fraction of sp³-hybridized carbons (Fsp3) is 0.480. The van der Waals surface area contributed by atoms with Crippen molar-refractivity contribution in [2.75, 3.05) is 43.0 Å². The van der Waals surface area contributed by atoms with Crippen LogP contribution in [0.2, 0.25) is 10.0 Å². The van der Waals surface area contributed by atoms with Gasteiger partial charge in [0.2, 0.25) is 5.91 Å². The maximum Gasteiger partial charge on any atom is 0.417 e. The summed E-state index contributed by atoms with van der Waals surface area (Å²) in [7, 11) is 0. The zero-order valence-corrected chi connectivity index (χ0v) is 20.7. The second-order valence-electron chi connectivity index (χ2n) is 8.97. The quantitative estimate of drug-likeness (QED) is 0.491. The lowest BCUT2D eigenvalue weighted by atomic mass is 9.92. The summed E-state index contributed by atoms with van der Waals surface area (Å²) < 4.78 is 45.1. The Hall–Kier alpha value is -2.16. The number of rotatable bonds is 6. The molecule has 5 nitrogen and oxygen atoms in total. The van der Waals surface area contributed by atoms with Crippen molar-refractivity contribution < 1.29 is 22.7 Å². The lowest BCUT2D eigenvalue weighted by Gasteiger charge is -2.36. The predicted molar refractivity (Wildman–Crippen MR) is 132 cm³/mol. The van der Waals surface area contributed by atoms with Gasteiger partial charge in [-0.05, 0) is 68.1 Å². The predicted octanol–water partition coefficient (Wildman–Crippen LogP) is 6.10. The number of carbonyl (C=O) groups excluding carboxylic acids is 1. The van der Waals surface area contributed by atoms with Crippen LogP contribution in [0.3, 0.4) is 0 Å². The Balaban J connectivity index is 1.17. The molecule has 4 rings (SSSR count). The van der Waals surface area contributed by atoms with Gasteiger partial charge in [-0.3, -0.25) is 4.79 Å². The molecule has 2 aromatic carbocycles. The van der Waals surface area contributed by atoms with Gasteiger partial charge in [0.05, 0.1) is 16.7 Å². The Kier molecular flexibility index (Phi) is 8.34. The molecule has 1 N–H and O–H groups in total. The van der Waals surface area contributed by atoms with Gasteiger partial charge in [0.15, 0.2) is 0 Å². The minimum atomic E-state index is -4.49. The molecule has 35 heavy (non-hydrogen) atoms. The van der Waals surface area contributed by atoms with E-state index >= 15 is 0 Å². The molecule has 1 heterocycles. The Morgan fingerprint density at radius 1 is 0.971 bits per heavy atom. The Labute approximate surface area is 213 Å². The molecule has 1 aliphatic heterocycles. The lowest BCUT2D eigenvalue weighted by Crippen LogP contribution is -2.50. The Bertz CT molecular complexity index is 1000. The van der Waals surface area contributed by atoms with Gasteiger partial charge in [-0.25, -0.2) is 0 Å². The van der Waals surface area contributed by atoms with E-state index in [1.54, 1.807) is 6.07 Å². The highest BCUT2D eigenvalue weighted by Gasteiger charge is 2.33. The van der Waals surface area contributed by atoms with Crippen molar-refractivity contribution in [1.82, 2.24) is 4.90 Å². The number of carbonyl (C=O) groups is 1. The fourth-order valence-corrected chi connectivity index (χ4v) is 4.94. The standard InChI is InChI=1S/C25H28Cl2F3N3O2/c26-17-1-6-20(7-2-17)32-11-13-33(14-12-32)24(34)16-35-21-8-3-18(4-9-21)31-19-5-10-23(27)22(15-19)25(28,29)30/h1-2,5-7,10,15,18,21,31H,3-4,8-9,11-14,16H2/t18-,21+. The van der Waals surface area contributed by atoms with Crippen LogP contribution >= 0.6 is 23.2 Å². The van der Waals surface area contributed by atoms with Crippen molar-refractivity contribution >= 4 is 40.5 Å². The van der Waals surface area contributed by atoms with Crippen LogP contribution in [-0.2, 0) is 15.7 Å². The summed E-state index contributed by atoms with van der Waals surface area (Å²) in [6.07, 6.45) is -1.52. The molecule has 190 valence electrons. The highest BCUT2D eigenvalue weighted by molar-refractivity contribution is 6.31. The van der Waals surface area contributed by atoms with Gasteiger partial charge in [-0.15, -0.1) is 0 Å². The first-order valence-electron chi connectivity index (χ1n) is 11.7. The maximum absolute atomic E-state index is 13.1. The summed E-state index contributed by atoms with van der Waals surface area (Å²) in [5.41, 5.74) is 0.657. The van der Waals surface area contributed by atoms with Gasteiger partial charge in [-0.1, -0.05) is 23.2 Å². The molecule has 0 unspecified atom stereocenters.